The Morgan fingerprint density at radius 2 is 2.14 bits per heavy atom. The molecule has 0 radical (unpaired) electrons. The molecule has 2 N–H and O–H groups in total. The standard InChI is InChI=1S/C16H12N4O2/c1-22-16(21)15-13(18)11(8-17)9-20(15)12-6-2-4-10-5-3-7-19-14(10)12/h2-7,9H,18H2,1H3. The van der Waals surface area contributed by atoms with Gasteiger partial charge in [0.25, 0.3) is 0 Å². The lowest BCUT2D eigenvalue weighted by atomic mass is 10.2. The third-order valence-corrected chi connectivity index (χ3v) is 3.41. The van der Waals surface area contributed by atoms with Crippen LogP contribution in [0.3, 0.4) is 0 Å². The van der Waals surface area contributed by atoms with Gasteiger partial charge < -0.3 is 15.0 Å². The normalized spacial score (nSPS) is 10.4. The SMILES string of the molecule is COC(=O)c1c(N)c(C#N)cn1-c1cccc2cccnc12. The predicted octanol–water partition coefficient (Wildman–Crippen LogP) is 2.27. The monoisotopic (exact) mass is 292 g/mol. The van der Waals surface area contributed by atoms with Gasteiger partial charge in [-0.25, -0.2) is 4.79 Å². The summed E-state index contributed by atoms with van der Waals surface area (Å²) in [6.07, 6.45) is 3.19. The number of benzene rings is 1. The first-order valence-corrected chi connectivity index (χ1v) is 6.50. The van der Waals surface area contributed by atoms with Crippen molar-refractivity contribution in [3.05, 3.63) is 54.0 Å². The number of aromatic nitrogens is 2. The first-order valence-electron chi connectivity index (χ1n) is 6.50. The summed E-state index contributed by atoms with van der Waals surface area (Å²) in [5, 5.41) is 10.1. The lowest BCUT2D eigenvalue weighted by Crippen LogP contribution is -2.11. The zero-order valence-corrected chi connectivity index (χ0v) is 11.8. The number of esters is 1. The van der Waals surface area contributed by atoms with E-state index >= 15 is 0 Å². The second kappa shape index (κ2) is 5.22. The van der Waals surface area contributed by atoms with Crippen LogP contribution in [0.2, 0.25) is 0 Å². The number of fused-ring (bicyclic) bond motifs is 1. The van der Waals surface area contributed by atoms with Gasteiger partial charge in [0.1, 0.15) is 6.07 Å². The quantitative estimate of drug-likeness (QED) is 0.731. The third kappa shape index (κ3) is 1.96. The van der Waals surface area contributed by atoms with Crippen LogP contribution < -0.4 is 5.73 Å². The Balaban J connectivity index is 2.36. The molecule has 0 saturated carbocycles. The van der Waals surface area contributed by atoms with E-state index in [0.717, 1.165) is 5.39 Å². The largest absolute Gasteiger partial charge is 0.464 e. The van der Waals surface area contributed by atoms with Crippen molar-refractivity contribution in [1.82, 2.24) is 9.55 Å². The van der Waals surface area contributed by atoms with Crippen molar-refractivity contribution < 1.29 is 9.53 Å². The number of methoxy groups -OCH3 is 1. The van der Waals surface area contributed by atoms with Crippen LogP contribution in [0, 0.1) is 11.3 Å². The van der Waals surface area contributed by atoms with Crippen molar-refractivity contribution in [2.45, 2.75) is 0 Å². The number of nitrogens with two attached hydrogens (primary N) is 1. The van der Waals surface area contributed by atoms with Gasteiger partial charge in [0.05, 0.1) is 29.6 Å². The molecule has 0 aliphatic rings. The molecule has 2 heterocycles. The van der Waals surface area contributed by atoms with Crippen molar-refractivity contribution >= 4 is 22.6 Å². The molecule has 0 bridgehead atoms. The molecule has 2 aromatic heterocycles. The van der Waals surface area contributed by atoms with Crippen LogP contribution in [0.1, 0.15) is 16.1 Å². The van der Waals surface area contributed by atoms with Gasteiger partial charge in [-0.05, 0) is 12.1 Å². The molecule has 0 atom stereocenters. The zero-order valence-electron chi connectivity index (χ0n) is 11.8. The van der Waals surface area contributed by atoms with E-state index in [1.807, 2.05) is 36.4 Å². The van der Waals surface area contributed by atoms with Crippen molar-refractivity contribution in [3.63, 3.8) is 0 Å². The van der Waals surface area contributed by atoms with Crippen LogP contribution in [0.4, 0.5) is 5.69 Å². The molecule has 0 spiro atoms. The van der Waals surface area contributed by atoms with E-state index < -0.39 is 5.97 Å². The number of nitriles is 1. The van der Waals surface area contributed by atoms with Crippen molar-refractivity contribution in [1.29, 1.82) is 5.26 Å². The maximum Gasteiger partial charge on any atom is 0.357 e. The van der Waals surface area contributed by atoms with Crippen LogP contribution in [0.15, 0.2) is 42.7 Å². The van der Waals surface area contributed by atoms with Crippen molar-refractivity contribution in [2.24, 2.45) is 0 Å². The summed E-state index contributed by atoms with van der Waals surface area (Å²) in [4.78, 5) is 16.4. The number of carbonyl (C=O) groups is 1. The van der Waals surface area contributed by atoms with Crippen LogP contribution in [-0.2, 0) is 4.74 Å². The highest BCUT2D eigenvalue weighted by Crippen LogP contribution is 2.28. The molecule has 0 unspecified atom stereocenters. The van der Waals surface area contributed by atoms with Gasteiger partial charge in [0, 0.05) is 17.8 Å². The highest BCUT2D eigenvalue weighted by molar-refractivity contribution is 5.97. The number of rotatable bonds is 2. The molecule has 0 fully saturated rings. The second-order valence-electron chi connectivity index (χ2n) is 4.63. The fourth-order valence-corrected chi connectivity index (χ4v) is 2.39. The Hall–Kier alpha value is -3.33. The van der Waals surface area contributed by atoms with Gasteiger partial charge in [-0.3, -0.25) is 4.98 Å². The molecule has 22 heavy (non-hydrogen) atoms. The number of pyridine rings is 1. The van der Waals surface area contributed by atoms with Gasteiger partial charge in [-0.2, -0.15) is 5.26 Å². The topological polar surface area (TPSA) is 93.9 Å². The summed E-state index contributed by atoms with van der Waals surface area (Å²) >= 11 is 0. The van der Waals surface area contributed by atoms with Gasteiger partial charge in [0.2, 0.25) is 0 Å². The van der Waals surface area contributed by atoms with E-state index in [-0.39, 0.29) is 16.9 Å². The van der Waals surface area contributed by atoms with E-state index in [9.17, 15) is 4.79 Å². The lowest BCUT2D eigenvalue weighted by molar-refractivity contribution is 0.0593. The highest BCUT2D eigenvalue weighted by Gasteiger charge is 2.22. The van der Waals surface area contributed by atoms with Crippen LogP contribution >= 0.6 is 0 Å². The van der Waals surface area contributed by atoms with Crippen LogP contribution in [0.25, 0.3) is 16.6 Å². The Morgan fingerprint density at radius 1 is 1.36 bits per heavy atom. The number of ether oxygens (including phenoxy) is 1. The molecular formula is C16H12N4O2. The molecule has 6 nitrogen and oxygen atoms in total. The fraction of sp³-hybridized carbons (Fsp3) is 0.0625. The summed E-state index contributed by atoms with van der Waals surface area (Å²) in [5.74, 6) is -0.605. The van der Waals surface area contributed by atoms with E-state index in [0.29, 0.717) is 11.2 Å². The summed E-state index contributed by atoms with van der Waals surface area (Å²) in [5.41, 5.74) is 7.71. The van der Waals surface area contributed by atoms with E-state index in [1.54, 1.807) is 10.8 Å². The molecule has 1 aromatic carbocycles. The van der Waals surface area contributed by atoms with Gasteiger partial charge >= 0.3 is 5.97 Å². The average Bonchev–Trinajstić information content (AvgIpc) is 2.90. The Morgan fingerprint density at radius 3 is 2.86 bits per heavy atom. The first-order chi connectivity index (χ1) is 10.7. The number of nitrogens with zero attached hydrogens (tertiary/aromatic N) is 3. The average molecular weight is 292 g/mol. The first kappa shape index (κ1) is 13.6. The summed E-state index contributed by atoms with van der Waals surface area (Å²) in [6.45, 7) is 0. The van der Waals surface area contributed by atoms with Crippen molar-refractivity contribution in [2.75, 3.05) is 12.8 Å². The molecule has 3 rings (SSSR count). The summed E-state index contributed by atoms with van der Waals surface area (Å²) in [6, 6.07) is 11.3. The van der Waals surface area contributed by atoms with Crippen LogP contribution in [-0.4, -0.2) is 22.6 Å². The minimum Gasteiger partial charge on any atom is -0.464 e. The van der Waals surface area contributed by atoms with Crippen LogP contribution in [0.5, 0.6) is 0 Å². The second-order valence-corrected chi connectivity index (χ2v) is 4.63. The maximum absolute atomic E-state index is 12.0. The Labute approximate surface area is 126 Å². The smallest absolute Gasteiger partial charge is 0.357 e. The van der Waals surface area contributed by atoms with E-state index in [2.05, 4.69) is 4.98 Å². The van der Waals surface area contributed by atoms with Gasteiger partial charge in [0.15, 0.2) is 5.69 Å². The molecule has 0 aliphatic carbocycles. The number of anilines is 1. The fourth-order valence-electron chi connectivity index (χ4n) is 2.39. The highest BCUT2D eigenvalue weighted by atomic mass is 16.5. The summed E-state index contributed by atoms with van der Waals surface area (Å²) in [7, 11) is 1.27. The number of carbonyl (C=O) groups excluding carboxylic acids is 1. The number of para-hydroxylation sites is 1. The van der Waals surface area contributed by atoms with Crippen molar-refractivity contribution in [3.8, 4) is 11.8 Å². The molecule has 6 heteroatoms. The third-order valence-electron chi connectivity index (χ3n) is 3.41. The molecule has 3 aromatic rings. The maximum atomic E-state index is 12.0. The predicted molar refractivity (Wildman–Crippen MR) is 81.5 cm³/mol. The molecular weight excluding hydrogens is 280 g/mol. The lowest BCUT2D eigenvalue weighted by Gasteiger charge is -2.10. The number of nitrogen functional groups attached to an aromatic ring is 1. The van der Waals surface area contributed by atoms with Gasteiger partial charge in [-0.15, -0.1) is 0 Å². The Bertz CT molecular complexity index is 916. The molecule has 0 saturated heterocycles. The zero-order chi connectivity index (χ0) is 15.7. The minimum absolute atomic E-state index is 0.0993. The Kier molecular flexibility index (Phi) is 3.24. The van der Waals surface area contributed by atoms with E-state index in [1.165, 1.54) is 13.3 Å². The molecule has 0 amide bonds. The number of hydrogen-bond donors (Lipinski definition) is 1. The minimum atomic E-state index is -0.605. The van der Waals surface area contributed by atoms with Gasteiger partial charge in [-0.1, -0.05) is 18.2 Å². The molecule has 0 aliphatic heterocycles. The summed E-state index contributed by atoms with van der Waals surface area (Å²) < 4.78 is 6.33. The van der Waals surface area contributed by atoms with E-state index in [4.69, 9.17) is 15.7 Å². The number of hydrogen-bond acceptors (Lipinski definition) is 5. The molecule has 108 valence electrons.